The predicted octanol–water partition coefficient (Wildman–Crippen LogP) is 0.345. The van der Waals surface area contributed by atoms with Gasteiger partial charge in [0, 0.05) is 6.04 Å². The first-order valence-electron chi connectivity index (χ1n) is 4.53. The maximum Gasteiger partial charge on any atom is 0.323 e. The molecule has 0 aliphatic heterocycles. The lowest BCUT2D eigenvalue weighted by Crippen LogP contribution is -2.40. The van der Waals surface area contributed by atoms with Gasteiger partial charge in [0.2, 0.25) is 0 Å². The Bertz CT molecular complexity index is 345. The highest BCUT2D eigenvalue weighted by Crippen LogP contribution is 2.05. The van der Waals surface area contributed by atoms with Crippen LogP contribution >= 0.6 is 0 Å². The Morgan fingerprint density at radius 1 is 1.60 bits per heavy atom. The summed E-state index contributed by atoms with van der Waals surface area (Å²) in [6, 6.07) is -0.170. The van der Waals surface area contributed by atoms with Crippen LogP contribution in [0.5, 0.6) is 0 Å². The molecule has 1 heterocycles. The van der Waals surface area contributed by atoms with E-state index in [1.807, 2.05) is 0 Å². The highest BCUT2D eigenvalue weighted by atomic mass is 16.4. The molecular weight excluding hydrogens is 198 g/mol. The summed E-state index contributed by atoms with van der Waals surface area (Å²) in [6.07, 6.45) is 2.76. The van der Waals surface area contributed by atoms with Gasteiger partial charge in [-0.05, 0) is 13.8 Å². The van der Waals surface area contributed by atoms with E-state index in [1.165, 1.54) is 17.4 Å². The Labute approximate surface area is 86.9 Å². The molecule has 0 spiro atoms. The van der Waals surface area contributed by atoms with Crippen LogP contribution in [0.4, 0.5) is 0 Å². The Kier molecular flexibility index (Phi) is 3.43. The van der Waals surface area contributed by atoms with E-state index in [0.29, 0.717) is 5.69 Å². The van der Waals surface area contributed by atoms with Crippen molar-refractivity contribution in [3.63, 3.8) is 0 Å². The van der Waals surface area contributed by atoms with Crippen LogP contribution in [0, 0.1) is 0 Å². The number of hydrogen-bond donors (Lipinski definition) is 2. The molecule has 2 N–H and O–H groups in total. The molecule has 0 fully saturated rings. The van der Waals surface area contributed by atoms with E-state index >= 15 is 0 Å². The van der Waals surface area contributed by atoms with E-state index in [4.69, 9.17) is 5.11 Å². The van der Waals surface area contributed by atoms with Crippen LogP contribution in [0.1, 0.15) is 24.3 Å². The summed E-state index contributed by atoms with van der Waals surface area (Å²) >= 11 is 0. The van der Waals surface area contributed by atoms with Gasteiger partial charge >= 0.3 is 5.97 Å². The highest BCUT2D eigenvalue weighted by molar-refractivity contribution is 5.94. The van der Waals surface area contributed by atoms with Crippen molar-refractivity contribution in [2.24, 2.45) is 0 Å². The number of imidazole rings is 1. The molecule has 0 aliphatic rings. The Balaban J connectivity index is 2.81. The number of hydrogen-bond acceptors (Lipinski definition) is 3. The number of carbonyl (C=O) groups is 2. The molecule has 0 atom stereocenters. The van der Waals surface area contributed by atoms with Crippen LogP contribution < -0.4 is 0 Å². The van der Waals surface area contributed by atoms with Crippen molar-refractivity contribution in [2.75, 3.05) is 6.54 Å². The monoisotopic (exact) mass is 211 g/mol. The van der Waals surface area contributed by atoms with Gasteiger partial charge in [0.05, 0.1) is 12.5 Å². The van der Waals surface area contributed by atoms with Gasteiger partial charge in [0.1, 0.15) is 12.2 Å². The van der Waals surface area contributed by atoms with Crippen molar-refractivity contribution >= 4 is 11.9 Å². The number of carbonyl (C=O) groups excluding carboxylic acids is 1. The molecular formula is C9H13N3O3. The summed E-state index contributed by atoms with van der Waals surface area (Å²) in [4.78, 5) is 30.0. The van der Waals surface area contributed by atoms with Gasteiger partial charge in [0.15, 0.2) is 0 Å². The largest absolute Gasteiger partial charge is 0.480 e. The lowest BCUT2D eigenvalue weighted by atomic mass is 10.3. The van der Waals surface area contributed by atoms with Crippen molar-refractivity contribution in [1.82, 2.24) is 14.9 Å². The molecule has 0 saturated heterocycles. The van der Waals surface area contributed by atoms with Crippen LogP contribution in [0.3, 0.4) is 0 Å². The second-order valence-electron chi connectivity index (χ2n) is 3.39. The molecule has 0 unspecified atom stereocenters. The number of nitrogens with one attached hydrogen (secondary N) is 1. The standard InChI is InChI=1S/C9H13N3O3/c1-6(2)12(4-8(13)14)9(15)7-3-10-5-11-7/h3,5-6H,4H2,1-2H3,(H,10,11)(H,13,14). The average molecular weight is 211 g/mol. The van der Waals surface area contributed by atoms with Crippen LogP contribution in [-0.4, -0.2) is 44.4 Å². The number of aliphatic carboxylic acids is 1. The smallest absolute Gasteiger partial charge is 0.323 e. The number of carboxylic acids is 1. The normalized spacial score (nSPS) is 10.3. The summed E-state index contributed by atoms with van der Waals surface area (Å²) in [5.41, 5.74) is 0.296. The SMILES string of the molecule is CC(C)N(CC(=O)O)C(=O)c1cnc[nH]1. The van der Waals surface area contributed by atoms with Crippen molar-refractivity contribution in [3.8, 4) is 0 Å². The van der Waals surface area contributed by atoms with Crippen molar-refractivity contribution < 1.29 is 14.7 Å². The third-order valence-electron chi connectivity index (χ3n) is 1.92. The maximum absolute atomic E-state index is 11.8. The summed E-state index contributed by atoms with van der Waals surface area (Å²) in [5.74, 6) is -1.39. The van der Waals surface area contributed by atoms with E-state index < -0.39 is 5.97 Å². The number of nitrogens with zero attached hydrogens (tertiary/aromatic N) is 2. The summed E-state index contributed by atoms with van der Waals surface area (Å²) in [5, 5.41) is 8.66. The third kappa shape index (κ3) is 2.80. The Morgan fingerprint density at radius 3 is 2.67 bits per heavy atom. The molecule has 82 valence electrons. The molecule has 6 heteroatoms. The lowest BCUT2D eigenvalue weighted by molar-refractivity contribution is -0.138. The van der Waals surface area contributed by atoms with E-state index in [-0.39, 0.29) is 18.5 Å². The van der Waals surface area contributed by atoms with E-state index in [2.05, 4.69) is 9.97 Å². The zero-order valence-electron chi connectivity index (χ0n) is 8.60. The summed E-state index contributed by atoms with van der Waals surface area (Å²) < 4.78 is 0. The first-order valence-corrected chi connectivity index (χ1v) is 4.53. The van der Waals surface area contributed by atoms with E-state index in [9.17, 15) is 9.59 Å². The fourth-order valence-electron chi connectivity index (χ4n) is 1.16. The third-order valence-corrected chi connectivity index (χ3v) is 1.92. The zero-order chi connectivity index (χ0) is 11.4. The predicted molar refractivity (Wildman–Crippen MR) is 52.4 cm³/mol. The average Bonchev–Trinajstić information content (AvgIpc) is 2.65. The first-order chi connectivity index (χ1) is 7.02. The maximum atomic E-state index is 11.8. The van der Waals surface area contributed by atoms with Crippen LogP contribution in [0.25, 0.3) is 0 Å². The Hall–Kier alpha value is -1.85. The number of amides is 1. The van der Waals surface area contributed by atoms with E-state index in [0.717, 1.165) is 0 Å². The minimum Gasteiger partial charge on any atom is -0.480 e. The minimum atomic E-state index is -1.03. The number of H-pyrrole nitrogens is 1. The second-order valence-corrected chi connectivity index (χ2v) is 3.39. The molecule has 0 aliphatic carbocycles. The van der Waals surface area contributed by atoms with Crippen LogP contribution in [0.2, 0.25) is 0 Å². The lowest BCUT2D eigenvalue weighted by Gasteiger charge is -2.23. The quantitative estimate of drug-likeness (QED) is 0.752. The molecule has 15 heavy (non-hydrogen) atoms. The summed E-state index contributed by atoms with van der Waals surface area (Å²) in [6.45, 7) is 3.21. The van der Waals surface area contributed by atoms with Gasteiger partial charge in [-0.25, -0.2) is 4.98 Å². The molecule has 6 nitrogen and oxygen atoms in total. The highest BCUT2D eigenvalue weighted by Gasteiger charge is 2.21. The topological polar surface area (TPSA) is 86.3 Å². The molecule has 1 rings (SSSR count). The van der Waals surface area contributed by atoms with Gasteiger partial charge < -0.3 is 15.0 Å². The van der Waals surface area contributed by atoms with E-state index in [1.54, 1.807) is 13.8 Å². The Morgan fingerprint density at radius 2 is 2.27 bits per heavy atom. The van der Waals surface area contributed by atoms with Crippen LogP contribution in [-0.2, 0) is 4.79 Å². The minimum absolute atomic E-state index is 0.170. The van der Waals surface area contributed by atoms with Crippen molar-refractivity contribution in [2.45, 2.75) is 19.9 Å². The molecule has 1 aromatic rings. The van der Waals surface area contributed by atoms with Gasteiger partial charge in [-0.15, -0.1) is 0 Å². The van der Waals surface area contributed by atoms with Crippen molar-refractivity contribution in [3.05, 3.63) is 18.2 Å². The van der Waals surface area contributed by atoms with Gasteiger partial charge in [-0.3, -0.25) is 9.59 Å². The molecule has 0 radical (unpaired) electrons. The molecule has 0 bridgehead atoms. The number of aromatic nitrogens is 2. The van der Waals surface area contributed by atoms with Gasteiger partial charge in [-0.2, -0.15) is 0 Å². The van der Waals surface area contributed by atoms with Crippen LogP contribution in [0.15, 0.2) is 12.5 Å². The molecule has 0 aromatic carbocycles. The van der Waals surface area contributed by atoms with Crippen molar-refractivity contribution in [1.29, 1.82) is 0 Å². The second kappa shape index (κ2) is 4.59. The number of aromatic amines is 1. The fraction of sp³-hybridized carbons (Fsp3) is 0.444. The fourth-order valence-corrected chi connectivity index (χ4v) is 1.16. The number of carboxylic acid groups (broad SMARTS) is 1. The summed E-state index contributed by atoms with van der Waals surface area (Å²) in [7, 11) is 0. The van der Waals surface area contributed by atoms with Gasteiger partial charge in [-0.1, -0.05) is 0 Å². The first kappa shape index (κ1) is 11.2. The zero-order valence-corrected chi connectivity index (χ0v) is 8.60. The molecule has 0 saturated carbocycles. The number of rotatable bonds is 4. The molecule has 1 aromatic heterocycles. The molecule has 1 amide bonds. The van der Waals surface area contributed by atoms with Gasteiger partial charge in [0.25, 0.3) is 5.91 Å².